The molecule has 446 valence electrons. The molecule has 0 radical (unpaired) electrons. The number of pyridine rings is 1. The summed E-state index contributed by atoms with van der Waals surface area (Å²) in [4.78, 5) is 10.1. The summed E-state index contributed by atoms with van der Waals surface area (Å²) in [6, 6.07) is 81.8. The van der Waals surface area contributed by atoms with E-state index in [1.54, 1.807) is 0 Å². The van der Waals surface area contributed by atoms with Gasteiger partial charge >= 0.3 is 322 Å². The first kappa shape index (κ1) is 58.7. The van der Waals surface area contributed by atoms with Gasteiger partial charge in [0.05, 0.1) is 0 Å². The van der Waals surface area contributed by atoms with Gasteiger partial charge in [-0.1, -0.05) is 123 Å². The molecule has 2 aliphatic heterocycles. The van der Waals surface area contributed by atoms with Crippen molar-refractivity contribution in [2.24, 2.45) is 0 Å². The van der Waals surface area contributed by atoms with E-state index < -0.39 is 5.41 Å². The summed E-state index contributed by atoms with van der Waals surface area (Å²) in [5, 5.41) is 0. The number of para-hydroxylation sites is 2. The normalized spacial score (nSPS) is 14.0. The molecule has 0 amide bonds. The molecular weight excluding hydrogens is 1250 g/mol. The average molecular weight is 1330 g/mol. The molecule has 11 aromatic rings. The van der Waals surface area contributed by atoms with E-state index in [0.717, 1.165) is 71.6 Å². The van der Waals surface area contributed by atoms with E-state index in [4.69, 9.17) is 9.72 Å². The Labute approximate surface area is 532 Å². The maximum absolute atomic E-state index is 7.21. The van der Waals surface area contributed by atoms with Crippen LogP contribution in [0.15, 0.2) is 206 Å². The standard InChI is InChI=1S/C81H79N5O.Pt/c1-76(2,3)55-34-39-70-67(47-55)81(68-48-56(77(4,5)6)35-40-71(68)85(70)60-27-20-17-21-28-60)65-31-22-23-32-69(65)86(75-49-57(41-42-82-75)78(7,8)9)73-51-64(36-37-66(73)81)87-63-30-24-29-61(50-63)83-52-84(62-45-58(79(10,11)12)44-59(46-62)80(13,14)15)74-43-54(33-38-72(74)83)53-25-18-16-19-26-53;/h16-49H,1-15H3;/q-2;. The SMILES string of the molecule is CC(C)(C)c1cc(-n2[c](=[Pt])n(-c3[c-]c(Oc4[c-]c5c(cc4)C4(c6ccccc6N5c5cc(C(C)(C)C)ccn5)c5cc(C(C)(C)C)ccc5N(c5ccccc5)c5ccc(C(C)(C)C)cc54)ccc3)c3ccc(-c4ccccc4)cc32)cc(C(C)(C)C)c1. The molecular formula is C81H79N5OPt-2. The molecule has 4 heterocycles. The molecule has 0 unspecified atom stereocenters. The number of ether oxygens (including phenoxy) is 1. The van der Waals surface area contributed by atoms with Crippen LogP contribution in [0.3, 0.4) is 0 Å². The van der Waals surface area contributed by atoms with Crippen LogP contribution in [-0.2, 0) is 51.8 Å². The van der Waals surface area contributed by atoms with Gasteiger partial charge in [-0.25, -0.2) is 0 Å². The second-order valence-corrected chi connectivity index (χ2v) is 30.2. The van der Waals surface area contributed by atoms with Gasteiger partial charge in [0.25, 0.3) is 0 Å². The number of hydrogen-bond donors (Lipinski definition) is 0. The summed E-state index contributed by atoms with van der Waals surface area (Å²) in [6.07, 6.45) is 1.96. The predicted octanol–water partition coefficient (Wildman–Crippen LogP) is 21.4. The molecule has 0 saturated carbocycles. The fraction of sp³-hybridized carbons (Fsp3) is 0.259. The number of benzene rings is 9. The molecule has 0 fully saturated rings. The first-order valence-electron chi connectivity index (χ1n) is 30.9. The predicted molar refractivity (Wildman–Crippen MR) is 362 cm³/mol. The number of imidazole rings is 1. The van der Waals surface area contributed by atoms with Gasteiger partial charge < -0.3 is 4.90 Å². The van der Waals surface area contributed by atoms with Gasteiger partial charge in [0.15, 0.2) is 0 Å². The number of nitrogens with zero attached hydrogens (tertiary/aromatic N) is 5. The van der Waals surface area contributed by atoms with Gasteiger partial charge in [-0.15, -0.1) is 0 Å². The molecule has 6 nitrogen and oxygen atoms in total. The average Bonchev–Trinajstić information content (AvgIpc) is 0.773. The molecule has 1 spiro atoms. The van der Waals surface area contributed by atoms with Crippen LogP contribution in [0.1, 0.15) is 154 Å². The van der Waals surface area contributed by atoms with Gasteiger partial charge in [0.1, 0.15) is 0 Å². The van der Waals surface area contributed by atoms with Gasteiger partial charge in [0.2, 0.25) is 0 Å². The zero-order valence-electron chi connectivity index (χ0n) is 53.6. The third-order valence-electron chi connectivity index (χ3n) is 18.0. The van der Waals surface area contributed by atoms with Crippen LogP contribution in [0.25, 0.3) is 33.5 Å². The molecule has 0 bridgehead atoms. The molecule has 0 saturated heterocycles. The maximum atomic E-state index is 7.21. The Morgan fingerprint density at radius 3 is 1.56 bits per heavy atom. The summed E-state index contributed by atoms with van der Waals surface area (Å²) in [5.74, 6) is 1.95. The second-order valence-electron chi connectivity index (χ2n) is 29.2. The van der Waals surface area contributed by atoms with Crippen molar-refractivity contribution >= 4 is 45.3 Å². The zero-order chi connectivity index (χ0) is 62.0. The van der Waals surface area contributed by atoms with Crippen LogP contribution in [0.2, 0.25) is 0 Å². The third kappa shape index (κ3) is 10.1. The van der Waals surface area contributed by atoms with Crippen molar-refractivity contribution in [1.29, 1.82) is 0 Å². The molecule has 88 heavy (non-hydrogen) atoms. The Balaban J connectivity index is 1.04. The van der Waals surface area contributed by atoms with Crippen LogP contribution in [0.4, 0.5) is 34.3 Å². The number of fused-ring (bicyclic) bond motifs is 9. The van der Waals surface area contributed by atoms with E-state index >= 15 is 0 Å². The Bertz CT molecular complexity index is 4490. The first-order valence-corrected chi connectivity index (χ1v) is 32.1. The molecule has 13 rings (SSSR count). The summed E-state index contributed by atoms with van der Waals surface area (Å²) in [7, 11) is 0. The summed E-state index contributed by atoms with van der Waals surface area (Å²) < 4.78 is 13.0. The van der Waals surface area contributed by atoms with Gasteiger partial charge in [-0.05, 0) is 63.3 Å². The van der Waals surface area contributed by atoms with Crippen LogP contribution < -0.4 is 14.5 Å². The number of aromatic nitrogens is 3. The number of rotatable bonds is 7. The molecule has 2 aromatic heterocycles. The van der Waals surface area contributed by atoms with Crippen LogP contribution in [0, 0.1) is 15.9 Å². The molecule has 0 atom stereocenters. The van der Waals surface area contributed by atoms with Crippen molar-refractivity contribution in [3.8, 4) is 34.0 Å². The van der Waals surface area contributed by atoms with E-state index in [2.05, 4.69) is 348 Å². The van der Waals surface area contributed by atoms with Crippen LogP contribution >= 0.6 is 0 Å². The fourth-order valence-electron chi connectivity index (χ4n) is 13.0. The minimum atomic E-state index is -0.842. The molecule has 0 N–H and O–H groups in total. The first-order chi connectivity index (χ1) is 41.7. The van der Waals surface area contributed by atoms with Crippen molar-refractivity contribution in [3.63, 3.8) is 0 Å². The summed E-state index contributed by atoms with van der Waals surface area (Å²) in [5.41, 5.74) is 21.3. The topological polar surface area (TPSA) is 38.5 Å². The van der Waals surface area contributed by atoms with E-state index in [-0.39, 0.29) is 27.1 Å². The van der Waals surface area contributed by atoms with Gasteiger partial charge in [-0.3, -0.25) is 0 Å². The molecule has 2 aliphatic rings. The summed E-state index contributed by atoms with van der Waals surface area (Å²) >= 11 is 2.52. The Hall–Kier alpha value is -8.31. The monoisotopic (exact) mass is 1330 g/mol. The van der Waals surface area contributed by atoms with E-state index in [1.807, 2.05) is 12.3 Å². The quantitative estimate of drug-likeness (QED) is 0.149. The van der Waals surface area contributed by atoms with Crippen molar-refractivity contribution in [1.82, 2.24) is 14.1 Å². The van der Waals surface area contributed by atoms with Crippen molar-refractivity contribution in [3.05, 3.63) is 272 Å². The van der Waals surface area contributed by atoms with Crippen molar-refractivity contribution in [2.45, 2.75) is 136 Å². The molecule has 7 heteroatoms. The number of hydrogen-bond acceptors (Lipinski definition) is 4. The van der Waals surface area contributed by atoms with E-state index in [0.29, 0.717) is 11.5 Å². The minimum absolute atomic E-state index is 0.0720. The second kappa shape index (κ2) is 21.2. The van der Waals surface area contributed by atoms with Gasteiger partial charge in [0, 0.05) is 23.3 Å². The Kier molecular flexibility index (Phi) is 14.1. The van der Waals surface area contributed by atoms with Crippen LogP contribution in [0.5, 0.6) is 11.5 Å². The van der Waals surface area contributed by atoms with Crippen LogP contribution in [-0.4, -0.2) is 14.1 Å². The van der Waals surface area contributed by atoms with Gasteiger partial charge in [-0.2, -0.15) is 0 Å². The Morgan fingerprint density at radius 1 is 0.386 bits per heavy atom. The Morgan fingerprint density at radius 2 is 0.943 bits per heavy atom. The van der Waals surface area contributed by atoms with Crippen molar-refractivity contribution < 1.29 is 24.1 Å². The fourth-order valence-corrected chi connectivity index (χ4v) is 14.1. The van der Waals surface area contributed by atoms with Crippen molar-refractivity contribution in [2.75, 3.05) is 9.80 Å². The zero-order valence-corrected chi connectivity index (χ0v) is 55.9. The molecule has 9 aromatic carbocycles. The number of anilines is 6. The van der Waals surface area contributed by atoms with E-state index in [9.17, 15) is 0 Å². The summed E-state index contributed by atoms with van der Waals surface area (Å²) in [6.45, 7) is 34.6. The van der Waals surface area contributed by atoms with E-state index in [1.165, 1.54) is 50.1 Å². The molecule has 0 aliphatic carbocycles. The third-order valence-corrected chi connectivity index (χ3v) is 19.0.